The van der Waals surface area contributed by atoms with Crippen LogP contribution in [0.3, 0.4) is 0 Å². The zero-order valence-corrected chi connectivity index (χ0v) is 15.0. The van der Waals surface area contributed by atoms with Crippen LogP contribution in [0, 0.1) is 0 Å². The zero-order valence-electron chi connectivity index (χ0n) is 15.0. The van der Waals surface area contributed by atoms with E-state index in [1.807, 2.05) is 46.0 Å². The van der Waals surface area contributed by atoms with Gasteiger partial charge in [-0.25, -0.2) is 0 Å². The maximum absolute atomic E-state index is 13.1. The Morgan fingerprint density at radius 3 is 2.41 bits per heavy atom. The molecule has 5 nitrogen and oxygen atoms in total. The zero-order chi connectivity index (χ0) is 18.2. The SMILES string of the molecule is O=C1c2cc(COc3ccccc3)nn2CCN1C1Cc2ccccc2C1. The van der Waals surface area contributed by atoms with Gasteiger partial charge in [0.05, 0.1) is 6.54 Å². The van der Waals surface area contributed by atoms with Gasteiger partial charge in [-0.2, -0.15) is 5.10 Å². The number of rotatable bonds is 4. The van der Waals surface area contributed by atoms with E-state index in [2.05, 4.69) is 29.4 Å². The van der Waals surface area contributed by atoms with Crippen LogP contribution < -0.4 is 4.74 Å². The van der Waals surface area contributed by atoms with E-state index in [1.165, 1.54) is 11.1 Å². The largest absolute Gasteiger partial charge is 0.487 e. The lowest BCUT2D eigenvalue weighted by atomic mass is 10.1. The molecule has 0 saturated heterocycles. The first-order valence-electron chi connectivity index (χ1n) is 9.40. The third-order valence-electron chi connectivity index (χ3n) is 5.46. The van der Waals surface area contributed by atoms with Gasteiger partial charge in [0.25, 0.3) is 5.91 Å². The molecular formula is C22H21N3O2. The first-order chi connectivity index (χ1) is 13.3. The van der Waals surface area contributed by atoms with Crippen molar-refractivity contribution in [3.05, 3.63) is 83.2 Å². The Kier molecular flexibility index (Phi) is 3.93. The minimum Gasteiger partial charge on any atom is -0.487 e. The molecule has 5 heteroatoms. The Bertz CT molecular complexity index is 955. The standard InChI is InChI=1S/C22H21N3O2/c26-22-21-14-18(15-27-20-8-2-1-3-9-20)23-25(21)11-10-24(22)19-12-16-6-4-5-7-17(16)13-19/h1-9,14,19H,10-13,15H2. The molecule has 0 radical (unpaired) electrons. The van der Waals surface area contributed by atoms with Crippen LogP contribution in [-0.2, 0) is 26.0 Å². The van der Waals surface area contributed by atoms with Crippen LogP contribution >= 0.6 is 0 Å². The molecule has 1 aliphatic carbocycles. The van der Waals surface area contributed by atoms with E-state index >= 15 is 0 Å². The molecule has 1 aliphatic heterocycles. The fourth-order valence-corrected chi connectivity index (χ4v) is 4.11. The van der Waals surface area contributed by atoms with Gasteiger partial charge in [0.2, 0.25) is 0 Å². The van der Waals surface area contributed by atoms with Crippen molar-refractivity contribution in [3.63, 3.8) is 0 Å². The molecule has 0 spiro atoms. The molecule has 0 atom stereocenters. The highest BCUT2D eigenvalue weighted by Gasteiger charge is 2.34. The molecule has 1 amide bonds. The molecule has 1 aromatic heterocycles. The van der Waals surface area contributed by atoms with Gasteiger partial charge in [0, 0.05) is 12.6 Å². The number of hydrogen-bond acceptors (Lipinski definition) is 3. The smallest absolute Gasteiger partial charge is 0.272 e. The molecule has 0 N–H and O–H groups in total. The van der Waals surface area contributed by atoms with Crippen LogP contribution in [-0.4, -0.2) is 33.2 Å². The lowest BCUT2D eigenvalue weighted by Gasteiger charge is -2.32. The van der Waals surface area contributed by atoms with Crippen LogP contribution in [0.4, 0.5) is 0 Å². The summed E-state index contributed by atoms with van der Waals surface area (Å²) in [6, 6.07) is 20.3. The molecule has 0 fully saturated rings. The van der Waals surface area contributed by atoms with E-state index in [0.29, 0.717) is 18.8 Å². The van der Waals surface area contributed by atoms with Crippen LogP contribution in [0.2, 0.25) is 0 Å². The Hall–Kier alpha value is -3.08. The lowest BCUT2D eigenvalue weighted by Crippen LogP contribution is -2.47. The average molecular weight is 359 g/mol. The van der Waals surface area contributed by atoms with Crippen molar-refractivity contribution in [1.82, 2.24) is 14.7 Å². The summed E-state index contributed by atoms with van der Waals surface area (Å²) in [5.74, 6) is 0.887. The summed E-state index contributed by atoms with van der Waals surface area (Å²) in [6.45, 7) is 1.82. The van der Waals surface area contributed by atoms with Gasteiger partial charge >= 0.3 is 0 Å². The van der Waals surface area contributed by atoms with Gasteiger partial charge in [-0.1, -0.05) is 42.5 Å². The summed E-state index contributed by atoms with van der Waals surface area (Å²) in [5, 5.41) is 4.56. The van der Waals surface area contributed by atoms with Crippen molar-refractivity contribution >= 4 is 5.91 Å². The second-order valence-electron chi connectivity index (χ2n) is 7.18. The lowest BCUT2D eigenvalue weighted by molar-refractivity contribution is 0.0618. The predicted octanol–water partition coefficient (Wildman–Crippen LogP) is 3.09. The number of ether oxygens (including phenoxy) is 1. The molecule has 2 aromatic carbocycles. The number of benzene rings is 2. The maximum Gasteiger partial charge on any atom is 0.272 e. The van der Waals surface area contributed by atoms with Gasteiger partial charge in [-0.15, -0.1) is 0 Å². The molecule has 0 bridgehead atoms. The van der Waals surface area contributed by atoms with E-state index in [4.69, 9.17) is 4.74 Å². The highest BCUT2D eigenvalue weighted by atomic mass is 16.5. The Labute approximate surface area is 158 Å². The summed E-state index contributed by atoms with van der Waals surface area (Å²) in [4.78, 5) is 15.1. The summed E-state index contributed by atoms with van der Waals surface area (Å²) in [7, 11) is 0. The normalized spacial score (nSPS) is 16.3. The molecule has 27 heavy (non-hydrogen) atoms. The van der Waals surface area contributed by atoms with E-state index in [-0.39, 0.29) is 11.9 Å². The number of fused-ring (bicyclic) bond motifs is 2. The van der Waals surface area contributed by atoms with E-state index in [9.17, 15) is 4.79 Å². The third-order valence-corrected chi connectivity index (χ3v) is 5.46. The van der Waals surface area contributed by atoms with Crippen molar-refractivity contribution in [2.45, 2.75) is 32.0 Å². The van der Waals surface area contributed by atoms with Gasteiger partial charge in [0.15, 0.2) is 0 Å². The Morgan fingerprint density at radius 1 is 0.963 bits per heavy atom. The van der Waals surface area contributed by atoms with E-state index in [0.717, 1.165) is 30.8 Å². The van der Waals surface area contributed by atoms with E-state index < -0.39 is 0 Å². The Morgan fingerprint density at radius 2 is 1.67 bits per heavy atom. The van der Waals surface area contributed by atoms with Crippen molar-refractivity contribution in [3.8, 4) is 5.75 Å². The topological polar surface area (TPSA) is 47.4 Å². The number of para-hydroxylation sites is 1. The summed E-state index contributed by atoms with van der Waals surface area (Å²) < 4.78 is 7.60. The molecule has 0 saturated carbocycles. The second kappa shape index (κ2) is 6.58. The van der Waals surface area contributed by atoms with Gasteiger partial charge < -0.3 is 9.64 Å². The van der Waals surface area contributed by atoms with Gasteiger partial charge in [-0.05, 0) is 42.2 Å². The highest BCUT2D eigenvalue weighted by molar-refractivity contribution is 5.93. The highest BCUT2D eigenvalue weighted by Crippen LogP contribution is 2.28. The van der Waals surface area contributed by atoms with E-state index in [1.54, 1.807) is 0 Å². The molecule has 2 heterocycles. The third kappa shape index (κ3) is 2.99. The van der Waals surface area contributed by atoms with Gasteiger partial charge in [0.1, 0.15) is 23.7 Å². The molecule has 3 aromatic rings. The fourth-order valence-electron chi connectivity index (χ4n) is 4.11. The second-order valence-corrected chi connectivity index (χ2v) is 7.18. The first-order valence-corrected chi connectivity index (χ1v) is 9.40. The van der Waals surface area contributed by atoms with Gasteiger partial charge in [-0.3, -0.25) is 9.48 Å². The first kappa shape index (κ1) is 16.1. The number of carbonyl (C=O) groups excluding carboxylic acids is 1. The van der Waals surface area contributed by atoms with Crippen molar-refractivity contribution < 1.29 is 9.53 Å². The minimum absolute atomic E-state index is 0.0810. The summed E-state index contributed by atoms with van der Waals surface area (Å²) in [5.41, 5.74) is 4.19. The Balaban J connectivity index is 1.30. The minimum atomic E-state index is 0.0810. The fraction of sp³-hybridized carbons (Fsp3) is 0.273. The van der Waals surface area contributed by atoms with Crippen LogP contribution in [0.1, 0.15) is 27.3 Å². The van der Waals surface area contributed by atoms with Crippen LogP contribution in [0.5, 0.6) is 5.75 Å². The van der Waals surface area contributed by atoms with Crippen molar-refractivity contribution in [2.24, 2.45) is 0 Å². The van der Waals surface area contributed by atoms with Crippen molar-refractivity contribution in [1.29, 1.82) is 0 Å². The monoisotopic (exact) mass is 359 g/mol. The summed E-state index contributed by atoms with van der Waals surface area (Å²) in [6.07, 6.45) is 1.89. The molecule has 5 rings (SSSR count). The summed E-state index contributed by atoms with van der Waals surface area (Å²) >= 11 is 0. The number of amides is 1. The number of nitrogens with zero attached hydrogens (tertiary/aromatic N) is 3. The maximum atomic E-state index is 13.1. The van der Waals surface area contributed by atoms with Crippen LogP contribution in [0.25, 0.3) is 0 Å². The molecular weight excluding hydrogens is 338 g/mol. The number of aromatic nitrogens is 2. The average Bonchev–Trinajstić information content (AvgIpc) is 3.31. The van der Waals surface area contributed by atoms with Crippen molar-refractivity contribution in [2.75, 3.05) is 6.54 Å². The molecule has 136 valence electrons. The number of carbonyl (C=O) groups is 1. The molecule has 0 unspecified atom stereocenters. The van der Waals surface area contributed by atoms with Crippen LogP contribution in [0.15, 0.2) is 60.7 Å². The quantitative estimate of drug-likeness (QED) is 0.719. The number of hydrogen-bond donors (Lipinski definition) is 0. The predicted molar refractivity (Wildman–Crippen MR) is 102 cm³/mol. The molecule has 2 aliphatic rings.